The highest BCUT2D eigenvalue weighted by Gasteiger charge is 2.18. The van der Waals surface area contributed by atoms with E-state index in [4.69, 9.17) is 20.2 Å². The highest BCUT2D eigenvalue weighted by molar-refractivity contribution is 6.14. The van der Waals surface area contributed by atoms with Crippen molar-refractivity contribution in [2.75, 3.05) is 20.8 Å². The molecule has 3 rings (SSSR count). The number of aromatic amines is 1. The Balaban J connectivity index is 2.09. The second-order valence-corrected chi connectivity index (χ2v) is 6.22. The maximum absolute atomic E-state index is 10.5. The maximum atomic E-state index is 10.5. The molecule has 0 aliphatic heterocycles. The zero-order chi connectivity index (χ0) is 19.4. The van der Waals surface area contributed by atoms with E-state index in [1.54, 1.807) is 14.2 Å². The van der Waals surface area contributed by atoms with Gasteiger partial charge in [-0.15, -0.1) is 0 Å². The van der Waals surface area contributed by atoms with Gasteiger partial charge in [-0.3, -0.25) is 4.99 Å². The molecule has 0 saturated heterocycles. The normalized spacial score (nSPS) is 11.8. The monoisotopic (exact) mass is 367 g/mol. The van der Waals surface area contributed by atoms with Gasteiger partial charge in [-0.1, -0.05) is 19.1 Å². The van der Waals surface area contributed by atoms with E-state index in [1.165, 1.54) is 5.56 Å². The van der Waals surface area contributed by atoms with Gasteiger partial charge in [-0.2, -0.15) is 0 Å². The maximum Gasteiger partial charge on any atom is 0.198 e. The first kappa shape index (κ1) is 18.8. The lowest BCUT2D eigenvalue weighted by Gasteiger charge is -2.09. The Hall–Kier alpha value is -2.99. The van der Waals surface area contributed by atoms with E-state index in [0.29, 0.717) is 30.0 Å². The van der Waals surface area contributed by atoms with Gasteiger partial charge in [0.05, 0.1) is 36.7 Å². The van der Waals surface area contributed by atoms with Crippen LogP contribution in [-0.2, 0) is 6.42 Å². The molecule has 0 atom stereocenters. The average Bonchev–Trinajstić information content (AvgIpc) is 3.01. The van der Waals surface area contributed by atoms with Gasteiger partial charge in [0, 0.05) is 11.5 Å². The fourth-order valence-electron chi connectivity index (χ4n) is 3.17. The number of aromatic nitrogens is 1. The topological polar surface area (TPSA) is 92.9 Å². The van der Waals surface area contributed by atoms with Gasteiger partial charge in [0.15, 0.2) is 17.4 Å². The summed E-state index contributed by atoms with van der Waals surface area (Å²) in [5.74, 6) is 1.29. The quantitative estimate of drug-likeness (QED) is 0.552. The molecule has 0 fully saturated rings. The van der Waals surface area contributed by atoms with Crippen molar-refractivity contribution in [2.45, 2.75) is 19.8 Å². The van der Waals surface area contributed by atoms with Gasteiger partial charge >= 0.3 is 0 Å². The first-order valence-corrected chi connectivity index (χ1v) is 8.94. The van der Waals surface area contributed by atoms with Crippen LogP contribution in [0.3, 0.4) is 0 Å². The van der Waals surface area contributed by atoms with Crippen molar-refractivity contribution >= 4 is 22.3 Å². The van der Waals surface area contributed by atoms with Gasteiger partial charge in [0.1, 0.15) is 0 Å². The molecule has 0 spiro atoms. The minimum Gasteiger partial charge on any atom is -0.494 e. The molecule has 0 saturated carbocycles. The van der Waals surface area contributed by atoms with Crippen LogP contribution in [0.25, 0.3) is 10.9 Å². The minimum absolute atomic E-state index is 0.0839. The summed E-state index contributed by atoms with van der Waals surface area (Å²) in [4.78, 5) is 7.77. The lowest BCUT2D eigenvalue weighted by Crippen LogP contribution is -2.02. The van der Waals surface area contributed by atoms with E-state index in [0.717, 1.165) is 28.7 Å². The van der Waals surface area contributed by atoms with Crippen LogP contribution in [0.1, 0.15) is 24.5 Å². The Morgan fingerprint density at radius 1 is 1.11 bits per heavy atom. The van der Waals surface area contributed by atoms with Crippen molar-refractivity contribution in [3.8, 4) is 17.4 Å². The molecule has 0 bridgehead atoms. The zero-order valence-corrected chi connectivity index (χ0v) is 15.9. The Morgan fingerprint density at radius 3 is 2.37 bits per heavy atom. The number of aliphatic imine (C=N–C) groups is 1. The summed E-state index contributed by atoms with van der Waals surface area (Å²) >= 11 is 0. The van der Waals surface area contributed by atoms with Crippen molar-refractivity contribution in [1.82, 2.24) is 4.98 Å². The van der Waals surface area contributed by atoms with E-state index in [-0.39, 0.29) is 5.88 Å². The summed E-state index contributed by atoms with van der Waals surface area (Å²) in [6.07, 6.45) is 1.51. The molecule has 142 valence electrons. The van der Waals surface area contributed by atoms with Gasteiger partial charge < -0.3 is 25.3 Å². The molecular weight excluding hydrogens is 342 g/mol. The highest BCUT2D eigenvalue weighted by Crippen LogP contribution is 2.37. The molecule has 27 heavy (non-hydrogen) atoms. The number of benzene rings is 2. The van der Waals surface area contributed by atoms with Crippen molar-refractivity contribution in [1.29, 1.82) is 0 Å². The summed E-state index contributed by atoms with van der Waals surface area (Å²) in [5.41, 5.74) is 9.85. The molecule has 0 radical (unpaired) electrons. The van der Waals surface area contributed by atoms with Crippen LogP contribution >= 0.6 is 0 Å². The number of nitrogens with one attached hydrogen (secondary N) is 1. The van der Waals surface area contributed by atoms with Gasteiger partial charge in [0.25, 0.3) is 0 Å². The van der Waals surface area contributed by atoms with Gasteiger partial charge in [-0.25, -0.2) is 0 Å². The lowest BCUT2D eigenvalue weighted by molar-refractivity contribution is 0.356. The summed E-state index contributed by atoms with van der Waals surface area (Å²) in [5, 5.41) is 11.4. The predicted octanol–water partition coefficient (Wildman–Crippen LogP) is 3.92. The Kier molecular flexibility index (Phi) is 5.66. The lowest BCUT2D eigenvalue weighted by atomic mass is 10.1. The molecule has 0 aliphatic rings. The van der Waals surface area contributed by atoms with Crippen LogP contribution in [0, 0.1) is 0 Å². The van der Waals surface area contributed by atoms with Crippen LogP contribution in [0.4, 0.5) is 5.69 Å². The van der Waals surface area contributed by atoms with Crippen molar-refractivity contribution < 1.29 is 14.6 Å². The third-order valence-corrected chi connectivity index (χ3v) is 4.54. The number of fused-ring (bicyclic) bond motifs is 1. The van der Waals surface area contributed by atoms with E-state index in [2.05, 4.69) is 4.98 Å². The number of nitrogens with zero attached hydrogens (tertiary/aromatic N) is 1. The number of nitrogens with two attached hydrogens (primary N) is 1. The fourth-order valence-corrected chi connectivity index (χ4v) is 3.17. The van der Waals surface area contributed by atoms with Crippen molar-refractivity contribution in [3.05, 3.63) is 47.5 Å². The molecule has 3 aromatic rings. The third kappa shape index (κ3) is 3.75. The van der Waals surface area contributed by atoms with Crippen molar-refractivity contribution in [3.63, 3.8) is 0 Å². The largest absolute Gasteiger partial charge is 0.494 e. The molecule has 6 heteroatoms. The number of aromatic hydroxyl groups is 1. The fraction of sp³-hybridized carbons (Fsp3) is 0.286. The summed E-state index contributed by atoms with van der Waals surface area (Å²) in [6, 6.07) is 11.7. The molecular formula is C21H25N3O3. The third-order valence-electron chi connectivity index (χ3n) is 4.54. The highest BCUT2D eigenvalue weighted by atomic mass is 16.5. The molecule has 1 aromatic heterocycles. The number of rotatable bonds is 7. The Bertz CT molecular complexity index is 959. The molecule has 4 N–H and O–H groups in total. The average molecular weight is 367 g/mol. The Morgan fingerprint density at radius 2 is 1.78 bits per heavy atom. The minimum atomic E-state index is 0.0839. The molecule has 6 nitrogen and oxygen atoms in total. The number of hydrogen-bond donors (Lipinski definition) is 3. The first-order valence-electron chi connectivity index (χ1n) is 8.94. The van der Waals surface area contributed by atoms with E-state index < -0.39 is 0 Å². The smallest absolute Gasteiger partial charge is 0.198 e. The van der Waals surface area contributed by atoms with Crippen molar-refractivity contribution in [2.24, 2.45) is 10.7 Å². The summed E-state index contributed by atoms with van der Waals surface area (Å²) < 4.78 is 10.7. The second kappa shape index (κ2) is 8.14. The van der Waals surface area contributed by atoms with E-state index >= 15 is 0 Å². The predicted molar refractivity (Wildman–Crippen MR) is 109 cm³/mol. The number of ether oxygens (including phenoxy) is 2. The van der Waals surface area contributed by atoms with Gasteiger partial charge in [-0.05, 0) is 43.1 Å². The molecule has 0 aliphatic carbocycles. The summed E-state index contributed by atoms with van der Waals surface area (Å²) in [7, 11) is 3.17. The first-order chi connectivity index (χ1) is 13.1. The molecule has 1 heterocycles. The van der Waals surface area contributed by atoms with Crippen LogP contribution in [0.15, 0.2) is 41.4 Å². The number of hydrogen-bond acceptors (Lipinski definition) is 5. The zero-order valence-electron chi connectivity index (χ0n) is 15.9. The van der Waals surface area contributed by atoms with E-state index in [1.807, 2.05) is 43.3 Å². The standard InChI is InChI=1S/C21H25N3O3/c1-4-16(23-14-7-5-13(6-8-14)9-10-22)20-15-11-18(26-2)19(27-3)12-17(15)24-21(20)25/h5-8,11-12,24-25H,4,9-10,22H2,1-3H3. The molecule has 0 unspecified atom stereocenters. The Labute approximate surface area is 158 Å². The van der Waals surface area contributed by atoms with Gasteiger partial charge in [0.2, 0.25) is 0 Å². The number of methoxy groups -OCH3 is 2. The second-order valence-electron chi connectivity index (χ2n) is 6.22. The van der Waals surface area contributed by atoms with Crippen LogP contribution in [0.2, 0.25) is 0 Å². The number of H-pyrrole nitrogens is 1. The molecule has 0 amide bonds. The van der Waals surface area contributed by atoms with Crippen LogP contribution in [-0.4, -0.2) is 36.6 Å². The van der Waals surface area contributed by atoms with E-state index in [9.17, 15) is 5.11 Å². The summed E-state index contributed by atoms with van der Waals surface area (Å²) in [6.45, 7) is 2.64. The SMILES string of the molecule is CCC(=Nc1ccc(CCN)cc1)c1c(O)[nH]c2cc(OC)c(OC)cc12. The van der Waals surface area contributed by atoms with Crippen LogP contribution < -0.4 is 15.2 Å². The molecule has 2 aromatic carbocycles. The van der Waals surface area contributed by atoms with Crippen LogP contribution in [0.5, 0.6) is 17.4 Å².